The highest BCUT2D eigenvalue weighted by Crippen LogP contribution is 2.36. The van der Waals surface area contributed by atoms with Crippen molar-refractivity contribution in [3.63, 3.8) is 0 Å². The van der Waals surface area contributed by atoms with Crippen molar-refractivity contribution in [3.8, 4) is 0 Å². The molecule has 7 heteroatoms. The van der Waals surface area contributed by atoms with Crippen LogP contribution in [0.3, 0.4) is 0 Å². The number of para-hydroxylation sites is 1. The molecule has 4 rings (SSSR count). The Balaban J connectivity index is 1.73. The van der Waals surface area contributed by atoms with E-state index in [1.165, 1.54) is 18.2 Å². The number of guanidine groups is 1. The van der Waals surface area contributed by atoms with Gasteiger partial charge in [-0.3, -0.25) is 10.1 Å². The first-order valence-electron chi connectivity index (χ1n) is 7.83. The van der Waals surface area contributed by atoms with E-state index in [1.54, 1.807) is 4.90 Å². The molecule has 2 heterocycles. The van der Waals surface area contributed by atoms with E-state index in [1.807, 2.05) is 24.3 Å². The number of fused-ring (bicyclic) bond motifs is 2. The van der Waals surface area contributed by atoms with Crippen LogP contribution in [-0.4, -0.2) is 22.8 Å². The van der Waals surface area contributed by atoms with Gasteiger partial charge in [0.2, 0.25) is 11.9 Å². The summed E-state index contributed by atoms with van der Waals surface area (Å²) in [6.45, 7) is 0.437. The third kappa shape index (κ3) is 2.75. The van der Waals surface area contributed by atoms with E-state index in [-0.39, 0.29) is 17.6 Å². The summed E-state index contributed by atoms with van der Waals surface area (Å²) in [5, 5.41) is 2.63. The van der Waals surface area contributed by atoms with Crippen molar-refractivity contribution in [2.75, 3.05) is 0 Å². The molecule has 0 aromatic heterocycles. The van der Waals surface area contributed by atoms with Crippen LogP contribution in [-0.2, 0) is 23.9 Å². The van der Waals surface area contributed by atoms with Crippen molar-refractivity contribution < 1.29 is 18.0 Å². The fourth-order valence-electron chi connectivity index (χ4n) is 3.26. The number of nitrogens with one attached hydrogen (secondary N) is 1. The second-order valence-corrected chi connectivity index (χ2v) is 6.06. The Hall–Kier alpha value is -2.83. The molecule has 0 unspecified atom stereocenters. The SMILES string of the molecule is O=C1NC(=Nc2ccccc2C(F)(F)F)N2Cc3ccccc3C[C@H]12. The molecule has 0 aliphatic carbocycles. The summed E-state index contributed by atoms with van der Waals surface area (Å²) < 4.78 is 39.5. The molecule has 25 heavy (non-hydrogen) atoms. The van der Waals surface area contributed by atoms with Crippen molar-refractivity contribution in [1.29, 1.82) is 0 Å². The number of rotatable bonds is 1. The minimum Gasteiger partial charge on any atom is -0.326 e. The molecule has 1 fully saturated rings. The molecular formula is C18H14F3N3O. The largest absolute Gasteiger partial charge is 0.418 e. The maximum absolute atomic E-state index is 13.2. The highest BCUT2D eigenvalue weighted by Gasteiger charge is 2.40. The van der Waals surface area contributed by atoms with Gasteiger partial charge in [0.05, 0.1) is 11.3 Å². The monoisotopic (exact) mass is 345 g/mol. The van der Waals surface area contributed by atoms with Gasteiger partial charge in [0.25, 0.3) is 0 Å². The highest BCUT2D eigenvalue weighted by molar-refractivity contribution is 6.07. The molecule has 0 spiro atoms. The molecule has 1 saturated heterocycles. The summed E-state index contributed by atoms with van der Waals surface area (Å²) in [5.41, 5.74) is 1.10. The van der Waals surface area contributed by atoms with E-state index < -0.39 is 17.8 Å². The third-order valence-corrected chi connectivity index (χ3v) is 4.49. The van der Waals surface area contributed by atoms with Gasteiger partial charge >= 0.3 is 6.18 Å². The minimum atomic E-state index is -4.50. The van der Waals surface area contributed by atoms with Crippen molar-refractivity contribution >= 4 is 17.6 Å². The number of nitrogens with zero attached hydrogens (tertiary/aromatic N) is 2. The summed E-state index contributed by atoms with van der Waals surface area (Å²) in [5.74, 6) is -0.0704. The normalized spacial score (nSPS) is 21.1. The lowest BCUT2D eigenvalue weighted by Crippen LogP contribution is -2.40. The van der Waals surface area contributed by atoms with Crippen molar-refractivity contribution in [2.24, 2.45) is 4.99 Å². The molecule has 0 saturated carbocycles. The van der Waals surface area contributed by atoms with Crippen LogP contribution < -0.4 is 5.32 Å². The van der Waals surface area contributed by atoms with Crippen LogP contribution in [0.15, 0.2) is 53.5 Å². The van der Waals surface area contributed by atoms with Gasteiger partial charge in [-0.15, -0.1) is 0 Å². The maximum atomic E-state index is 13.2. The topological polar surface area (TPSA) is 44.7 Å². The van der Waals surface area contributed by atoms with Crippen LogP contribution in [0.5, 0.6) is 0 Å². The lowest BCUT2D eigenvalue weighted by Gasteiger charge is -2.30. The Bertz CT molecular complexity index is 876. The van der Waals surface area contributed by atoms with Gasteiger partial charge < -0.3 is 4.90 Å². The van der Waals surface area contributed by atoms with Crippen molar-refractivity contribution in [3.05, 3.63) is 65.2 Å². The Morgan fingerprint density at radius 3 is 2.48 bits per heavy atom. The number of hydrogen-bond acceptors (Lipinski definition) is 2. The van der Waals surface area contributed by atoms with Gasteiger partial charge in [-0.25, -0.2) is 4.99 Å². The lowest BCUT2D eigenvalue weighted by atomic mass is 9.95. The number of alkyl halides is 3. The number of carbonyl (C=O) groups excluding carboxylic acids is 1. The van der Waals surface area contributed by atoms with Gasteiger partial charge in [0, 0.05) is 13.0 Å². The molecule has 0 bridgehead atoms. The molecule has 2 aliphatic heterocycles. The molecule has 2 aromatic rings. The number of carbonyl (C=O) groups is 1. The van der Waals surface area contributed by atoms with Crippen LogP contribution >= 0.6 is 0 Å². The Morgan fingerprint density at radius 2 is 1.72 bits per heavy atom. The van der Waals surface area contributed by atoms with Crippen LogP contribution in [0.2, 0.25) is 0 Å². The summed E-state index contributed by atoms with van der Waals surface area (Å²) >= 11 is 0. The number of halogens is 3. The average Bonchev–Trinajstić information content (AvgIpc) is 2.88. The quantitative estimate of drug-likeness (QED) is 0.862. The van der Waals surface area contributed by atoms with E-state index in [4.69, 9.17) is 0 Å². The smallest absolute Gasteiger partial charge is 0.326 e. The Labute approximate surface area is 142 Å². The predicted octanol–water partition coefficient (Wildman–Crippen LogP) is 3.25. The fraction of sp³-hybridized carbons (Fsp3) is 0.222. The van der Waals surface area contributed by atoms with Crippen LogP contribution in [0, 0.1) is 0 Å². The standard InChI is InChI=1S/C18H14F3N3O/c19-18(20,21)13-7-3-4-8-14(13)22-17-23-16(25)15-9-11-5-1-2-6-12(11)10-24(15)17/h1-8,15H,9-10H2,(H,22,23,25)/t15-/m1/s1. The molecule has 1 atom stereocenters. The van der Waals surface area contributed by atoms with Crippen LogP contribution in [0.1, 0.15) is 16.7 Å². The van der Waals surface area contributed by atoms with Gasteiger partial charge in [-0.2, -0.15) is 13.2 Å². The van der Waals surface area contributed by atoms with Crippen molar-refractivity contribution in [1.82, 2.24) is 10.2 Å². The van der Waals surface area contributed by atoms with Gasteiger partial charge in [-0.1, -0.05) is 36.4 Å². The van der Waals surface area contributed by atoms with Gasteiger partial charge in [0.15, 0.2) is 0 Å². The molecular weight excluding hydrogens is 331 g/mol. The average molecular weight is 345 g/mol. The first-order valence-corrected chi connectivity index (χ1v) is 7.83. The number of amides is 1. The van der Waals surface area contributed by atoms with Crippen LogP contribution in [0.25, 0.3) is 0 Å². The second kappa shape index (κ2) is 5.61. The summed E-state index contributed by atoms with van der Waals surface area (Å²) in [4.78, 5) is 18.1. The zero-order chi connectivity index (χ0) is 17.6. The molecule has 0 radical (unpaired) electrons. The predicted molar refractivity (Wildman–Crippen MR) is 86.2 cm³/mol. The van der Waals surface area contributed by atoms with Crippen LogP contribution in [0.4, 0.5) is 18.9 Å². The zero-order valence-electron chi connectivity index (χ0n) is 13.0. The minimum absolute atomic E-state index is 0.168. The highest BCUT2D eigenvalue weighted by atomic mass is 19.4. The molecule has 4 nitrogen and oxygen atoms in total. The molecule has 128 valence electrons. The number of aliphatic imine (C=N–C) groups is 1. The van der Waals surface area contributed by atoms with Crippen molar-refractivity contribution in [2.45, 2.75) is 25.2 Å². The van der Waals surface area contributed by atoms with E-state index in [2.05, 4.69) is 10.3 Å². The second-order valence-electron chi connectivity index (χ2n) is 6.06. The Kier molecular flexibility index (Phi) is 3.52. The van der Waals surface area contributed by atoms with Gasteiger partial charge in [-0.05, 0) is 23.3 Å². The van der Waals surface area contributed by atoms with E-state index in [9.17, 15) is 18.0 Å². The third-order valence-electron chi connectivity index (χ3n) is 4.49. The maximum Gasteiger partial charge on any atom is 0.418 e. The summed E-state index contributed by atoms with van der Waals surface area (Å²) in [6.07, 6.45) is -3.99. The Morgan fingerprint density at radius 1 is 1.04 bits per heavy atom. The molecule has 2 aliphatic rings. The fourth-order valence-corrected chi connectivity index (χ4v) is 3.26. The van der Waals surface area contributed by atoms with E-state index in [0.29, 0.717) is 13.0 Å². The van der Waals surface area contributed by atoms with E-state index >= 15 is 0 Å². The summed E-state index contributed by atoms with van der Waals surface area (Å²) in [6, 6.07) is 12.4. The summed E-state index contributed by atoms with van der Waals surface area (Å²) in [7, 11) is 0. The van der Waals surface area contributed by atoms with Gasteiger partial charge in [0.1, 0.15) is 6.04 Å². The zero-order valence-corrected chi connectivity index (χ0v) is 13.0. The first kappa shape index (κ1) is 15.7. The number of benzene rings is 2. The number of hydrogen-bond donors (Lipinski definition) is 1. The molecule has 1 amide bonds. The molecule has 2 aromatic carbocycles. The molecule has 1 N–H and O–H groups in total. The first-order chi connectivity index (χ1) is 11.9. The lowest BCUT2D eigenvalue weighted by molar-refractivity contribution is -0.137. The van der Waals surface area contributed by atoms with E-state index in [0.717, 1.165) is 17.2 Å².